The van der Waals surface area contributed by atoms with E-state index >= 15 is 0 Å². The third-order valence-corrected chi connectivity index (χ3v) is 5.42. The lowest BCUT2D eigenvalue weighted by Gasteiger charge is -2.38. The summed E-state index contributed by atoms with van der Waals surface area (Å²) in [5, 5.41) is 22.7. The van der Waals surface area contributed by atoms with Crippen LogP contribution in [-0.4, -0.2) is 12.1 Å². The third-order valence-electron chi connectivity index (χ3n) is 5.42. The fourth-order valence-corrected chi connectivity index (χ4v) is 4.35. The van der Waals surface area contributed by atoms with Crippen LogP contribution in [0, 0.1) is 34.5 Å². The lowest BCUT2D eigenvalue weighted by Crippen LogP contribution is -2.47. The Labute approximate surface area is 150 Å². The van der Waals surface area contributed by atoms with Crippen molar-refractivity contribution in [2.45, 2.75) is 37.8 Å². The van der Waals surface area contributed by atoms with E-state index in [1.54, 1.807) is 0 Å². The maximum atomic E-state index is 9.48. The Morgan fingerprint density at radius 2 is 1.72 bits per heavy atom. The van der Waals surface area contributed by atoms with Gasteiger partial charge in [0.05, 0.1) is 0 Å². The normalized spacial score (nSPS) is 27.7. The third kappa shape index (κ3) is 3.58. The van der Waals surface area contributed by atoms with Crippen molar-refractivity contribution in [2.75, 3.05) is 0 Å². The molecule has 1 aromatic carbocycles. The van der Waals surface area contributed by atoms with E-state index in [9.17, 15) is 10.5 Å². The van der Waals surface area contributed by atoms with Gasteiger partial charge in [-0.25, -0.2) is 0 Å². The van der Waals surface area contributed by atoms with Crippen molar-refractivity contribution in [3.63, 3.8) is 0 Å². The van der Waals surface area contributed by atoms with Gasteiger partial charge in [0.2, 0.25) is 0 Å². The summed E-state index contributed by atoms with van der Waals surface area (Å²) in [6.45, 7) is 3.88. The first-order chi connectivity index (χ1) is 12.3. The monoisotopic (exact) mass is 329 g/mol. The Morgan fingerprint density at radius 1 is 1.08 bits per heavy atom. The molecule has 0 unspecified atom stereocenters. The molecule has 0 amide bonds. The standard InChI is InChI=1S/C22H23N3/c1-2-7-18-20-12-13-21(25-20)19(22(18)17(14-23)15-24)11-6-10-16-8-4-3-5-9-16/h2-6,8-10,18-21,25H,1,7,11-13H2/b10-6+/t18-,19+,20-,21+/m0/s1. The second kappa shape index (κ2) is 7.97. The first kappa shape index (κ1) is 17.2. The number of rotatable bonds is 5. The minimum atomic E-state index is 0.206. The highest BCUT2D eigenvalue weighted by Gasteiger charge is 2.44. The zero-order valence-electron chi connectivity index (χ0n) is 14.4. The minimum Gasteiger partial charge on any atom is -0.310 e. The number of benzene rings is 1. The molecular formula is C22H23N3. The van der Waals surface area contributed by atoms with Crippen LogP contribution >= 0.6 is 0 Å². The second-order valence-corrected chi connectivity index (χ2v) is 6.80. The highest BCUT2D eigenvalue weighted by molar-refractivity contribution is 5.50. The average molecular weight is 329 g/mol. The predicted octanol–water partition coefficient (Wildman–Crippen LogP) is 4.38. The van der Waals surface area contributed by atoms with Gasteiger partial charge in [0.25, 0.3) is 0 Å². The van der Waals surface area contributed by atoms with Gasteiger partial charge < -0.3 is 5.32 Å². The van der Waals surface area contributed by atoms with E-state index in [0.717, 1.165) is 31.3 Å². The number of fused-ring (bicyclic) bond motifs is 2. The lowest BCUT2D eigenvalue weighted by atomic mass is 9.74. The molecule has 0 aromatic heterocycles. The van der Waals surface area contributed by atoms with Crippen LogP contribution in [0.25, 0.3) is 6.08 Å². The molecule has 0 spiro atoms. The van der Waals surface area contributed by atoms with Crippen LogP contribution in [0.15, 0.2) is 60.2 Å². The predicted molar refractivity (Wildman–Crippen MR) is 100 cm³/mol. The fourth-order valence-electron chi connectivity index (χ4n) is 4.35. The summed E-state index contributed by atoms with van der Waals surface area (Å²) < 4.78 is 0. The van der Waals surface area contributed by atoms with Crippen molar-refractivity contribution >= 4 is 6.08 Å². The molecule has 1 N–H and O–H groups in total. The molecule has 126 valence electrons. The number of hydrogen-bond donors (Lipinski definition) is 1. The minimum absolute atomic E-state index is 0.206. The van der Waals surface area contributed by atoms with Crippen molar-refractivity contribution < 1.29 is 0 Å². The van der Waals surface area contributed by atoms with Crippen LogP contribution in [0.1, 0.15) is 31.2 Å². The van der Waals surface area contributed by atoms with Gasteiger partial charge in [-0.05, 0) is 36.8 Å². The first-order valence-corrected chi connectivity index (χ1v) is 8.91. The van der Waals surface area contributed by atoms with Crippen LogP contribution in [-0.2, 0) is 0 Å². The van der Waals surface area contributed by atoms with Gasteiger partial charge in [-0.15, -0.1) is 6.58 Å². The summed E-state index contributed by atoms with van der Waals surface area (Å²) in [4.78, 5) is 0. The fraction of sp³-hybridized carbons (Fsp3) is 0.364. The number of nitrogens with one attached hydrogen (secondary N) is 1. The number of allylic oxidation sites excluding steroid dienone is 3. The maximum absolute atomic E-state index is 9.48. The number of nitrogens with zero attached hydrogens (tertiary/aromatic N) is 2. The summed E-state index contributed by atoms with van der Waals surface area (Å²) in [7, 11) is 0. The Hall–Kier alpha value is -2.62. The van der Waals surface area contributed by atoms with E-state index in [2.05, 4.69) is 48.3 Å². The molecule has 2 aliphatic heterocycles. The molecule has 2 heterocycles. The molecule has 0 radical (unpaired) electrons. The van der Waals surface area contributed by atoms with Crippen molar-refractivity contribution in [2.24, 2.45) is 11.8 Å². The van der Waals surface area contributed by atoms with Gasteiger partial charge >= 0.3 is 0 Å². The molecule has 3 nitrogen and oxygen atoms in total. The smallest absolute Gasteiger partial charge is 0.129 e. The zero-order valence-corrected chi connectivity index (χ0v) is 14.4. The summed E-state index contributed by atoms with van der Waals surface area (Å²) in [5.41, 5.74) is 2.53. The molecule has 0 aliphatic carbocycles. The van der Waals surface area contributed by atoms with E-state index in [-0.39, 0.29) is 11.8 Å². The molecule has 2 saturated heterocycles. The largest absolute Gasteiger partial charge is 0.310 e. The Morgan fingerprint density at radius 3 is 2.32 bits per heavy atom. The van der Waals surface area contributed by atoms with Crippen LogP contribution in [0.2, 0.25) is 0 Å². The number of piperidine rings is 1. The second-order valence-electron chi connectivity index (χ2n) is 6.80. The van der Waals surface area contributed by atoms with Crippen molar-refractivity contribution in [3.05, 3.63) is 65.8 Å². The van der Waals surface area contributed by atoms with E-state index in [4.69, 9.17) is 0 Å². The topological polar surface area (TPSA) is 59.6 Å². The first-order valence-electron chi connectivity index (χ1n) is 8.91. The van der Waals surface area contributed by atoms with Crippen molar-refractivity contribution in [1.29, 1.82) is 10.5 Å². The molecule has 1 aromatic rings. The average Bonchev–Trinajstić information content (AvgIpc) is 3.08. The van der Waals surface area contributed by atoms with Gasteiger partial charge in [0.1, 0.15) is 17.7 Å². The lowest BCUT2D eigenvalue weighted by molar-refractivity contribution is 0.297. The molecule has 4 atom stereocenters. The highest BCUT2D eigenvalue weighted by Crippen LogP contribution is 2.44. The zero-order chi connectivity index (χ0) is 17.6. The number of hydrogen-bond acceptors (Lipinski definition) is 3. The quantitative estimate of drug-likeness (QED) is 0.644. The van der Waals surface area contributed by atoms with E-state index in [1.165, 1.54) is 5.56 Å². The van der Waals surface area contributed by atoms with Gasteiger partial charge in [-0.2, -0.15) is 10.5 Å². The summed E-state index contributed by atoms with van der Waals surface area (Å²) in [5.74, 6) is 0.415. The van der Waals surface area contributed by atoms with Gasteiger partial charge in [-0.1, -0.05) is 48.6 Å². The molecular weight excluding hydrogens is 306 g/mol. The maximum Gasteiger partial charge on any atom is 0.129 e. The van der Waals surface area contributed by atoms with E-state index in [1.807, 2.05) is 24.3 Å². The van der Waals surface area contributed by atoms with Crippen LogP contribution in [0.3, 0.4) is 0 Å². The molecule has 2 bridgehead atoms. The summed E-state index contributed by atoms with van der Waals surface area (Å²) >= 11 is 0. The summed E-state index contributed by atoms with van der Waals surface area (Å²) in [6.07, 6.45) is 10.1. The SMILES string of the molecule is C=CC[C@@H]1C(=C(C#N)C#N)[C@H](C/C=C/c2ccccc2)[C@H]2CC[C@@H]1N2. The van der Waals surface area contributed by atoms with Gasteiger partial charge in [-0.3, -0.25) is 0 Å². The summed E-state index contributed by atoms with van der Waals surface area (Å²) in [6, 6.07) is 15.2. The van der Waals surface area contributed by atoms with E-state index in [0.29, 0.717) is 17.7 Å². The Bertz CT molecular complexity index is 745. The molecule has 2 fully saturated rings. The molecule has 0 saturated carbocycles. The van der Waals surface area contributed by atoms with Crippen LogP contribution in [0.4, 0.5) is 0 Å². The van der Waals surface area contributed by atoms with Crippen LogP contribution < -0.4 is 5.32 Å². The van der Waals surface area contributed by atoms with Crippen molar-refractivity contribution in [3.8, 4) is 12.1 Å². The Balaban J connectivity index is 1.90. The van der Waals surface area contributed by atoms with Crippen molar-refractivity contribution in [1.82, 2.24) is 5.32 Å². The number of nitriles is 2. The highest BCUT2D eigenvalue weighted by atomic mass is 15.0. The van der Waals surface area contributed by atoms with E-state index < -0.39 is 0 Å². The Kier molecular flexibility index (Phi) is 5.49. The molecule has 25 heavy (non-hydrogen) atoms. The molecule has 3 rings (SSSR count). The van der Waals surface area contributed by atoms with Gasteiger partial charge in [0.15, 0.2) is 0 Å². The van der Waals surface area contributed by atoms with Crippen LogP contribution in [0.5, 0.6) is 0 Å². The molecule has 3 heteroatoms. The van der Waals surface area contributed by atoms with Gasteiger partial charge in [0, 0.05) is 23.9 Å². The molecule has 2 aliphatic rings.